The minimum Gasteiger partial charge on any atom is -0.310 e. The summed E-state index contributed by atoms with van der Waals surface area (Å²) in [5, 5.41) is 2.56. The number of benzene rings is 10. The second-order valence-electron chi connectivity index (χ2n) is 28.0. The van der Waals surface area contributed by atoms with Crippen molar-refractivity contribution < 1.29 is 0 Å². The van der Waals surface area contributed by atoms with Gasteiger partial charge in [0.25, 0.3) is 0 Å². The van der Waals surface area contributed by atoms with Crippen molar-refractivity contribution in [1.82, 2.24) is 4.57 Å². The molecule has 6 saturated carbocycles. The first-order chi connectivity index (χ1) is 41.0. The highest BCUT2D eigenvalue weighted by atomic mass is 15.1. The van der Waals surface area contributed by atoms with Gasteiger partial charge in [-0.25, -0.2) is 0 Å². The summed E-state index contributed by atoms with van der Waals surface area (Å²) in [4.78, 5) is 2.60. The summed E-state index contributed by atoms with van der Waals surface area (Å²) >= 11 is 0. The molecule has 0 N–H and O–H groups in total. The van der Waals surface area contributed by atoms with Gasteiger partial charge in [-0.3, -0.25) is 0 Å². The van der Waals surface area contributed by atoms with E-state index in [9.17, 15) is 0 Å². The van der Waals surface area contributed by atoms with Crippen LogP contribution in [0.1, 0.15) is 132 Å². The van der Waals surface area contributed by atoms with Gasteiger partial charge in [0.15, 0.2) is 0 Å². The maximum absolute atomic E-state index is 2.89. The van der Waals surface area contributed by atoms with Gasteiger partial charge in [-0.15, -0.1) is 0 Å². The molecule has 10 aliphatic rings. The predicted octanol–water partition coefficient (Wildman–Crippen LogP) is 20.7. The van der Waals surface area contributed by atoms with Crippen molar-refractivity contribution in [3.05, 3.63) is 263 Å². The molecular weight excluding hydrogens is 1000 g/mol. The van der Waals surface area contributed by atoms with E-state index < -0.39 is 5.41 Å². The Morgan fingerprint density at radius 1 is 0.349 bits per heavy atom. The highest BCUT2D eigenvalue weighted by Crippen LogP contribution is 2.79. The number of hydrogen-bond donors (Lipinski definition) is 0. The van der Waals surface area contributed by atoms with Crippen LogP contribution >= 0.6 is 0 Å². The lowest BCUT2D eigenvalue weighted by atomic mass is 9.56. The molecule has 0 radical (unpaired) electrons. The molecule has 6 fully saturated rings. The molecule has 1 aromatic heterocycles. The molecule has 2 nitrogen and oxygen atoms in total. The first-order valence-electron chi connectivity index (χ1n) is 31.8. The average Bonchev–Trinajstić information content (AvgIpc) is 1.61. The molecule has 10 atom stereocenters. The van der Waals surface area contributed by atoms with Crippen LogP contribution in [-0.2, 0) is 5.41 Å². The van der Waals surface area contributed by atoms with Crippen LogP contribution in [0.15, 0.2) is 218 Å². The maximum atomic E-state index is 2.89. The fraction of sp³-hybridized carbons (Fsp3) is 0.259. The Morgan fingerprint density at radius 2 is 0.831 bits per heavy atom. The molecule has 83 heavy (non-hydrogen) atoms. The van der Waals surface area contributed by atoms with E-state index in [4.69, 9.17) is 0 Å². The number of rotatable bonds is 6. The molecule has 0 aliphatic heterocycles. The van der Waals surface area contributed by atoms with Crippen LogP contribution in [0.25, 0.3) is 72.0 Å². The quantitative estimate of drug-likeness (QED) is 0.161. The Bertz CT molecular complexity index is 4540. The minimum absolute atomic E-state index is 0.436. The van der Waals surface area contributed by atoms with Crippen LogP contribution in [0, 0.1) is 34.5 Å². The highest BCUT2D eigenvalue weighted by molar-refractivity contribution is 6.16. The van der Waals surface area contributed by atoms with Gasteiger partial charge in [-0.2, -0.15) is 0 Å². The summed E-state index contributed by atoms with van der Waals surface area (Å²) in [6, 6.07) is 85.2. The first kappa shape index (κ1) is 45.3. The molecule has 11 aromatic rings. The summed E-state index contributed by atoms with van der Waals surface area (Å²) < 4.78 is 2.43. The molecule has 0 amide bonds. The molecule has 1 heterocycles. The van der Waals surface area contributed by atoms with Gasteiger partial charge in [0, 0.05) is 33.4 Å². The summed E-state index contributed by atoms with van der Waals surface area (Å²) in [6.07, 6.45) is 14.3. The SMILES string of the molecule is c1ccc(-c2ccc(N(c3ccc(-c4cccc5c4c4ccccc4n5-c4ccccc4)cc3)c3cccc4c3-c3ccccc3C43c4cc5c(cc4-c4cc6c(cc43)C3CC4CC7CC6CC74C3)C3CC4CC6CC5CC46C3)cc2)cc1. The lowest BCUT2D eigenvalue weighted by Gasteiger charge is -2.48. The number of hydrogen-bond acceptors (Lipinski definition) is 1. The molecule has 3 spiro atoms. The van der Waals surface area contributed by atoms with Crippen molar-refractivity contribution >= 4 is 38.9 Å². The number of aromatic nitrogens is 1. The predicted molar refractivity (Wildman–Crippen MR) is 339 cm³/mol. The third-order valence-electron chi connectivity index (χ3n) is 25.1. The van der Waals surface area contributed by atoms with Crippen molar-refractivity contribution in [3.63, 3.8) is 0 Å². The molecule has 0 saturated heterocycles. The number of para-hydroxylation sites is 2. The van der Waals surface area contributed by atoms with Gasteiger partial charge in [0.2, 0.25) is 0 Å². The zero-order valence-electron chi connectivity index (χ0n) is 46.9. The van der Waals surface area contributed by atoms with Crippen molar-refractivity contribution in [2.24, 2.45) is 34.5 Å². The summed E-state index contributed by atoms with van der Waals surface area (Å²) in [5.41, 5.74) is 31.8. The Morgan fingerprint density at radius 3 is 1.46 bits per heavy atom. The van der Waals surface area contributed by atoms with E-state index in [1.807, 2.05) is 0 Å². The van der Waals surface area contributed by atoms with Crippen LogP contribution in [0.2, 0.25) is 0 Å². The Hall–Kier alpha value is -8.20. The second kappa shape index (κ2) is 15.7. The van der Waals surface area contributed by atoms with Crippen molar-refractivity contribution in [3.8, 4) is 50.2 Å². The van der Waals surface area contributed by atoms with Crippen LogP contribution in [0.5, 0.6) is 0 Å². The maximum Gasteiger partial charge on any atom is 0.0726 e. The van der Waals surface area contributed by atoms with E-state index in [2.05, 4.69) is 228 Å². The van der Waals surface area contributed by atoms with Crippen molar-refractivity contribution in [1.29, 1.82) is 0 Å². The summed E-state index contributed by atoms with van der Waals surface area (Å²) in [5.74, 6) is 6.57. The lowest BCUT2D eigenvalue weighted by molar-refractivity contribution is 0.00321. The normalized spacial score (nSPS) is 29.3. The van der Waals surface area contributed by atoms with E-state index in [0.717, 1.165) is 35.0 Å². The van der Waals surface area contributed by atoms with Gasteiger partial charge in [0.05, 0.1) is 22.1 Å². The molecule has 10 aromatic carbocycles. The van der Waals surface area contributed by atoms with Crippen molar-refractivity contribution in [2.75, 3.05) is 4.90 Å². The van der Waals surface area contributed by atoms with E-state index >= 15 is 0 Å². The molecule has 21 rings (SSSR count). The largest absolute Gasteiger partial charge is 0.310 e. The average molecular weight is 1070 g/mol. The Kier molecular flexibility index (Phi) is 8.58. The molecule has 10 unspecified atom stereocenters. The Balaban J connectivity index is 0.787. The first-order valence-corrected chi connectivity index (χ1v) is 31.8. The zero-order valence-corrected chi connectivity index (χ0v) is 46.9. The third kappa shape index (κ3) is 5.55. The van der Waals surface area contributed by atoms with Crippen LogP contribution in [-0.4, -0.2) is 4.57 Å². The third-order valence-corrected chi connectivity index (χ3v) is 25.1. The highest BCUT2D eigenvalue weighted by Gasteiger charge is 2.68. The number of nitrogens with zero attached hydrogens (tertiary/aromatic N) is 2. The van der Waals surface area contributed by atoms with Crippen molar-refractivity contribution in [2.45, 2.75) is 93.3 Å². The smallest absolute Gasteiger partial charge is 0.0726 e. The molecular formula is C81H64N2. The molecule has 398 valence electrons. The standard InChI is InChI=1S/C81H64N2/c1-3-13-47(14-4-1)48-25-29-59(30-26-48)82(60-31-27-49(28-32-60)61-19-11-23-75-77(61)63-18-8-10-22-74(63)83(75)58-15-5-2-6-16-58)76-24-12-21-71-78(76)62-17-7-9-20-70(62)81(71)72-41-66-52-35-56-37-54-33-50(43-79(54,56)45-52)64(66)39-68(72)69-40-65-51-34-55-38-57-36-53(46-80(55,57)44-51)67(65)42-73(69)81/h1-32,39-42,50-57H,33-38,43-46H2. The number of anilines is 3. The zero-order chi connectivity index (χ0) is 53.7. The fourth-order valence-corrected chi connectivity index (χ4v) is 22.0. The van der Waals surface area contributed by atoms with Gasteiger partial charge < -0.3 is 9.47 Å². The van der Waals surface area contributed by atoms with E-state index in [1.165, 1.54) is 142 Å². The topological polar surface area (TPSA) is 8.17 Å². The van der Waals surface area contributed by atoms with E-state index in [-0.39, 0.29) is 0 Å². The van der Waals surface area contributed by atoms with Gasteiger partial charge in [-0.1, -0.05) is 164 Å². The summed E-state index contributed by atoms with van der Waals surface area (Å²) in [7, 11) is 0. The molecule has 10 aliphatic carbocycles. The lowest BCUT2D eigenvalue weighted by Crippen LogP contribution is -2.41. The second-order valence-corrected chi connectivity index (χ2v) is 28.0. The van der Waals surface area contributed by atoms with E-state index in [1.54, 1.807) is 44.5 Å². The van der Waals surface area contributed by atoms with Gasteiger partial charge in [0.1, 0.15) is 0 Å². The van der Waals surface area contributed by atoms with Gasteiger partial charge >= 0.3 is 0 Å². The fourth-order valence-electron chi connectivity index (χ4n) is 22.0. The monoisotopic (exact) mass is 1060 g/mol. The minimum atomic E-state index is -0.436. The molecule has 2 heteroatoms. The molecule has 6 bridgehead atoms. The van der Waals surface area contributed by atoms with Crippen LogP contribution < -0.4 is 4.90 Å². The van der Waals surface area contributed by atoms with E-state index in [0.29, 0.717) is 34.5 Å². The Labute approximate surface area is 486 Å². The number of fused-ring (bicyclic) bond motifs is 23. The van der Waals surface area contributed by atoms with Crippen LogP contribution in [0.3, 0.4) is 0 Å². The van der Waals surface area contributed by atoms with Gasteiger partial charge in [-0.05, 0) is 260 Å². The van der Waals surface area contributed by atoms with Crippen LogP contribution in [0.4, 0.5) is 17.1 Å². The summed E-state index contributed by atoms with van der Waals surface area (Å²) in [6.45, 7) is 0.